The molecule has 0 aromatic carbocycles. The molecule has 2 nitrogen and oxygen atoms in total. The summed E-state index contributed by atoms with van der Waals surface area (Å²) >= 11 is 0. The van der Waals surface area contributed by atoms with Crippen LogP contribution in [0, 0.1) is 5.92 Å². The lowest BCUT2D eigenvalue weighted by Gasteiger charge is -2.56. The molecular weight excluding hydrogens is 198 g/mol. The summed E-state index contributed by atoms with van der Waals surface area (Å²) in [4.78, 5) is 2.45. The van der Waals surface area contributed by atoms with Crippen molar-refractivity contribution in [1.82, 2.24) is 4.90 Å². The summed E-state index contributed by atoms with van der Waals surface area (Å²) in [6.07, 6.45) is 5.23. The van der Waals surface area contributed by atoms with Crippen molar-refractivity contribution in [2.45, 2.75) is 65.1 Å². The van der Waals surface area contributed by atoms with Crippen LogP contribution < -0.4 is 0 Å². The minimum Gasteiger partial charge on any atom is -0.496 e. The first-order chi connectivity index (χ1) is 7.23. The first-order valence-electron chi connectivity index (χ1n) is 6.24. The van der Waals surface area contributed by atoms with Crippen LogP contribution >= 0.6 is 0 Å². The monoisotopic (exact) mass is 225 g/mol. The zero-order valence-corrected chi connectivity index (χ0v) is 11.9. The topological polar surface area (TPSA) is 12.5 Å². The fraction of sp³-hybridized carbons (Fsp3) is 0.857. The third-order valence-electron chi connectivity index (χ3n) is 4.17. The molecule has 1 aliphatic rings. The highest BCUT2D eigenvalue weighted by Gasteiger charge is 2.49. The smallest absolute Gasteiger partial charge is 0.118 e. The summed E-state index contributed by atoms with van der Waals surface area (Å²) in [7, 11) is 2.21. The molecule has 0 radical (unpaired) electrons. The molecule has 0 aromatic rings. The molecule has 2 heteroatoms. The van der Waals surface area contributed by atoms with Crippen LogP contribution in [0.5, 0.6) is 0 Å². The second kappa shape index (κ2) is 4.40. The molecule has 94 valence electrons. The van der Waals surface area contributed by atoms with Crippen LogP contribution in [-0.2, 0) is 4.74 Å². The van der Waals surface area contributed by atoms with Gasteiger partial charge in [0.2, 0.25) is 0 Å². The fourth-order valence-corrected chi connectivity index (χ4v) is 3.16. The SMILES string of the molecule is CC=COC1C(C)CC(C)(C)N(C)C1(C)C. The molecule has 0 spiro atoms. The average molecular weight is 225 g/mol. The quantitative estimate of drug-likeness (QED) is 0.668. The van der Waals surface area contributed by atoms with Gasteiger partial charge in [-0.05, 0) is 54.0 Å². The molecule has 1 fully saturated rings. The average Bonchev–Trinajstić information content (AvgIpc) is 2.14. The van der Waals surface area contributed by atoms with Gasteiger partial charge in [-0.25, -0.2) is 0 Å². The van der Waals surface area contributed by atoms with Crippen LogP contribution in [-0.4, -0.2) is 29.1 Å². The van der Waals surface area contributed by atoms with E-state index in [-0.39, 0.29) is 17.2 Å². The number of rotatable bonds is 2. The van der Waals surface area contributed by atoms with Gasteiger partial charge in [0.25, 0.3) is 0 Å². The number of ether oxygens (including phenoxy) is 1. The van der Waals surface area contributed by atoms with E-state index in [1.54, 1.807) is 0 Å². The summed E-state index contributed by atoms with van der Waals surface area (Å²) in [5.74, 6) is 0.581. The normalized spacial score (nSPS) is 34.2. The Kier molecular flexibility index (Phi) is 3.73. The number of likely N-dealkylation sites (tertiary alicyclic amines) is 1. The molecule has 0 N–H and O–H groups in total. The number of likely N-dealkylation sites (N-methyl/N-ethyl adjacent to an activating group) is 1. The zero-order chi connectivity index (χ0) is 12.6. The molecule has 16 heavy (non-hydrogen) atoms. The van der Waals surface area contributed by atoms with Gasteiger partial charge < -0.3 is 4.74 Å². The van der Waals surface area contributed by atoms with E-state index in [4.69, 9.17) is 4.74 Å². The predicted molar refractivity (Wildman–Crippen MR) is 69.4 cm³/mol. The van der Waals surface area contributed by atoms with E-state index in [0.29, 0.717) is 5.92 Å². The Hall–Kier alpha value is -0.500. The molecule has 2 unspecified atom stereocenters. The molecular formula is C14H27NO. The Morgan fingerprint density at radius 3 is 2.31 bits per heavy atom. The highest BCUT2D eigenvalue weighted by Crippen LogP contribution is 2.41. The Labute approximate surface area is 101 Å². The number of hydrogen-bond acceptors (Lipinski definition) is 2. The van der Waals surface area contributed by atoms with Gasteiger partial charge in [-0.1, -0.05) is 13.0 Å². The molecule has 0 bridgehead atoms. The molecule has 1 rings (SSSR count). The zero-order valence-electron chi connectivity index (χ0n) is 11.9. The maximum atomic E-state index is 5.90. The van der Waals surface area contributed by atoms with E-state index >= 15 is 0 Å². The van der Waals surface area contributed by atoms with E-state index in [1.165, 1.54) is 6.42 Å². The minimum atomic E-state index is 0.0701. The number of piperidine rings is 1. The maximum absolute atomic E-state index is 5.90. The van der Waals surface area contributed by atoms with E-state index < -0.39 is 0 Å². The van der Waals surface area contributed by atoms with Crippen molar-refractivity contribution in [3.63, 3.8) is 0 Å². The minimum absolute atomic E-state index is 0.0701. The molecule has 1 heterocycles. The summed E-state index contributed by atoms with van der Waals surface area (Å²) in [6.45, 7) is 13.5. The van der Waals surface area contributed by atoms with Crippen LogP contribution in [0.3, 0.4) is 0 Å². The Morgan fingerprint density at radius 1 is 1.25 bits per heavy atom. The Morgan fingerprint density at radius 2 is 1.81 bits per heavy atom. The number of nitrogens with zero attached hydrogens (tertiary/aromatic N) is 1. The van der Waals surface area contributed by atoms with E-state index in [9.17, 15) is 0 Å². The van der Waals surface area contributed by atoms with Crippen molar-refractivity contribution in [2.24, 2.45) is 5.92 Å². The lowest BCUT2D eigenvalue weighted by molar-refractivity contribution is -0.122. The standard InChI is InChI=1S/C14H27NO/c1-8-9-16-12-11(2)10-13(3,4)15(7)14(12,5)6/h8-9,11-12H,10H2,1-7H3. The first-order valence-corrected chi connectivity index (χ1v) is 6.24. The third kappa shape index (κ3) is 2.27. The third-order valence-corrected chi connectivity index (χ3v) is 4.17. The first kappa shape index (κ1) is 13.6. The number of allylic oxidation sites excluding steroid dienone is 1. The molecule has 0 saturated carbocycles. The summed E-state index contributed by atoms with van der Waals surface area (Å²) in [5.41, 5.74) is 0.319. The molecule has 1 aliphatic heterocycles. The molecule has 0 aliphatic carbocycles. The summed E-state index contributed by atoms with van der Waals surface area (Å²) in [5, 5.41) is 0. The van der Waals surface area contributed by atoms with Crippen molar-refractivity contribution in [3.05, 3.63) is 12.3 Å². The second-order valence-corrected chi connectivity index (χ2v) is 6.23. The highest BCUT2D eigenvalue weighted by molar-refractivity contribution is 5.04. The van der Waals surface area contributed by atoms with Crippen molar-refractivity contribution in [2.75, 3.05) is 7.05 Å². The van der Waals surface area contributed by atoms with Crippen LogP contribution in [0.4, 0.5) is 0 Å². The van der Waals surface area contributed by atoms with Gasteiger partial charge in [-0.3, -0.25) is 4.90 Å². The second-order valence-electron chi connectivity index (χ2n) is 6.23. The van der Waals surface area contributed by atoms with Gasteiger partial charge in [0.05, 0.1) is 11.8 Å². The Bertz CT molecular complexity index is 268. The van der Waals surface area contributed by atoms with Gasteiger partial charge in [-0.2, -0.15) is 0 Å². The summed E-state index contributed by atoms with van der Waals surface area (Å²) < 4.78 is 5.90. The van der Waals surface area contributed by atoms with Gasteiger partial charge in [0.1, 0.15) is 6.10 Å². The van der Waals surface area contributed by atoms with Crippen LogP contribution in [0.2, 0.25) is 0 Å². The van der Waals surface area contributed by atoms with Crippen LogP contribution in [0.1, 0.15) is 48.0 Å². The van der Waals surface area contributed by atoms with Crippen LogP contribution in [0.15, 0.2) is 12.3 Å². The lowest BCUT2D eigenvalue weighted by atomic mass is 9.72. The van der Waals surface area contributed by atoms with Gasteiger partial charge in [0, 0.05) is 5.54 Å². The van der Waals surface area contributed by atoms with Crippen molar-refractivity contribution in [1.29, 1.82) is 0 Å². The molecule has 2 atom stereocenters. The van der Waals surface area contributed by atoms with Crippen molar-refractivity contribution < 1.29 is 4.74 Å². The van der Waals surface area contributed by atoms with E-state index in [2.05, 4.69) is 46.6 Å². The van der Waals surface area contributed by atoms with E-state index in [1.807, 2.05) is 19.3 Å². The lowest BCUT2D eigenvalue weighted by Crippen LogP contribution is -2.65. The van der Waals surface area contributed by atoms with Crippen molar-refractivity contribution >= 4 is 0 Å². The largest absolute Gasteiger partial charge is 0.496 e. The number of hydrogen-bond donors (Lipinski definition) is 0. The van der Waals surface area contributed by atoms with Crippen LogP contribution in [0.25, 0.3) is 0 Å². The molecule has 0 amide bonds. The van der Waals surface area contributed by atoms with Gasteiger partial charge in [0.15, 0.2) is 0 Å². The molecule has 1 saturated heterocycles. The van der Waals surface area contributed by atoms with Crippen molar-refractivity contribution in [3.8, 4) is 0 Å². The summed E-state index contributed by atoms with van der Waals surface area (Å²) in [6, 6.07) is 0. The van der Waals surface area contributed by atoms with Gasteiger partial charge >= 0.3 is 0 Å². The fourth-order valence-electron chi connectivity index (χ4n) is 3.16. The Balaban J connectivity index is 2.94. The predicted octanol–water partition coefficient (Wildman–Crippen LogP) is 3.43. The van der Waals surface area contributed by atoms with Gasteiger partial charge in [-0.15, -0.1) is 0 Å². The van der Waals surface area contributed by atoms with E-state index in [0.717, 1.165) is 0 Å². The maximum Gasteiger partial charge on any atom is 0.118 e. The molecule has 0 aromatic heterocycles. The highest BCUT2D eigenvalue weighted by atomic mass is 16.5.